The van der Waals surface area contributed by atoms with E-state index in [1.54, 1.807) is 12.1 Å². The lowest BCUT2D eigenvalue weighted by Crippen LogP contribution is -2.45. The first-order valence-corrected chi connectivity index (χ1v) is 15.0. The van der Waals surface area contributed by atoms with Crippen LogP contribution in [-0.4, -0.2) is 49.6 Å². The molecule has 3 aromatic carbocycles. The molecule has 0 aromatic heterocycles. The maximum Gasteiger partial charge on any atom is 0.243 e. The van der Waals surface area contributed by atoms with Crippen molar-refractivity contribution >= 4 is 15.8 Å². The SMILES string of the molecule is Cc1ccc(CC(=O)C2(c3ccc4c(c3)OCO4)CC2)cc1-c1ccc(S(=O)(=O)N2CCCCC2CO)cc1.[HH]. The number of hydrogen-bond donors (Lipinski definition) is 1. The number of Topliss-reactive ketones (excluding diaryl/α,β-unsaturated/α-hetero) is 1. The van der Waals surface area contributed by atoms with Crippen molar-refractivity contribution in [1.29, 1.82) is 0 Å². The Morgan fingerprint density at radius 2 is 1.79 bits per heavy atom. The second kappa shape index (κ2) is 10.1. The van der Waals surface area contributed by atoms with Gasteiger partial charge in [-0.1, -0.05) is 42.8 Å². The summed E-state index contributed by atoms with van der Waals surface area (Å²) in [4.78, 5) is 13.8. The Balaban J connectivity index is 0.00000323. The number of aliphatic hydroxyl groups is 1. The summed E-state index contributed by atoms with van der Waals surface area (Å²) < 4.78 is 39.0. The fourth-order valence-corrected chi connectivity index (χ4v) is 7.59. The van der Waals surface area contributed by atoms with Crippen molar-refractivity contribution in [1.82, 2.24) is 4.31 Å². The number of benzene rings is 3. The minimum absolute atomic E-state index is 0. The van der Waals surface area contributed by atoms with E-state index < -0.39 is 15.4 Å². The van der Waals surface area contributed by atoms with Crippen LogP contribution in [0.1, 0.15) is 50.2 Å². The average Bonchev–Trinajstić information content (AvgIpc) is 3.64. The normalized spacial score (nSPS) is 20.1. The van der Waals surface area contributed by atoms with Crippen molar-refractivity contribution in [3.8, 4) is 22.6 Å². The third-order valence-electron chi connectivity index (χ3n) is 8.43. The molecule has 0 radical (unpaired) electrons. The van der Waals surface area contributed by atoms with Crippen LogP contribution in [0.25, 0.3) is 11.1 Å². The van der Waals surface area contributed by atoms with E-state index in [0.29, 0.717) is 30.9 Å². The quantitative estimate of drug-likeness (QED) is 0.424. The standard InChI is InChI=1S/C31H33NO6S.H2/c1-21-5-6-22(17-30(34)31(13-14-31)24-9-12-28-29(18-24)38-20-37-28)16-27(21)23-7-10-26(11-8-23)39(35,36)32-15-3-2-4-25(32)19-33;/h5-12,16,18,25,33H,2-4,13-15,17,19-20H2,1H3;1H. The molecule has 1 N–H and O–H groups in total. The predicted molar refractivity (Wildman–Crippen MR) is 150 cm³/mol. The lowest BCUT2D eigenvalue weighted by molar-refractivity contribution is -0.120. The lowest BCUT2D eigenvalue weighted by Gasteiger charge is -2.33. The van der Waals surface area contributed by atoms with Gasteiger partial charge < -0.3 is 14.6 Å². The van der Waals surface area contributed by atoms with Gasteiger partial charge in [0.05, 0.1) is 16.9 Å². The van der Waals surface area contributed by atoms with Crippen LogP contribution >= 0.6 is 0 Å². The molecular weight excluding hydrogens is 514 g/mol. The van der Waals surface area contributed by atoms with Gasteiger partial charge in [0.2, 0.25) is 16.8 Å². The molecule has 1 atom stereocenters. The fourth-order valence-electron chi connectivity index (χ4n) is 5.91. The number of rotatable bonds is 8. The van der Waals surface area contributed by atoms with Crippen molar-refractivity contribution in [3.05, 3.63) is 77.4 Å². The van der Waals surface area contributed by atoms with E-state index in [4.69, 9.17) is 9.47 Å². The summed E-state index contributed by atoms with van der Waals surface area (Å²) >= 11 is 0. The molecule has 206 valence electrons. The van der Waals surface area contributed by atoms with Crippen molar-refractivity contribution in [2.45, 2.75) is 61.8 Å². The number of ketones is 1. The van der Waals surface area contributed by atoms with Gasteiger partial charge in [0.1, 0.15) is 5.78 Å². The molecule has 2 fully saturated rings. The van der Waals surface area contributed by atoms with Gasteiger partial charge in [0.25, 0.3) is 0 Å². The van der Waals surface area contributed by atoms with E-state index in [1.807, 2.05) is 55.5 Å². The van der Waals surface area contributed by atoms with Gasteiger partial charge in [-0.25, -0.2) is 8.42 Å². The highest BCUT2D eigenvalue weighted by Crippen LogP contribution is 2.51. The first-order chi connectivity index (χ1) is 18.8. The van der Waals surface area contributed by atoms with Crippen molar-refractivity contribution in [2.75, 3.05) is 19.9 Å². The van der Waals surface area contributed by atoms with E-state index in [-0.39, 0.29) is 31.5 Å². The summed E-state index contributed by atoms with van der Waals surface area (Å²) in [6.45, 7) is 2.48. The lowest BCUT2D eigenvalue weighted by atomic mass is 9.87. The van der Waals surface area contributed by atoms with Crippen LogP contribution in [0.3, 0.4) is 0 Å². The van der Waals surface area contributed by atoms with Crippen molar-refractivity contribution in [2.24, 2.45) is 0 Å². The topological polar surface area (TPSA) is 93.1 Å². The Morgan fingerprint density at radius 1 is 1.03 bits per heavy atom. The monoisotopic (exact) mass is 549 g/mol. The Morgan fingerprint density at radius 3 is 2.54 bits per heavy atom. The number of hydrogen-bond acceptors (Lipinski definition) is 6. The molecule has 2 heterocycles. The number of carbonyl (C=O) groups is 1. The van der Waals surface area contributed by atoms with Gasteiger partial charge in [-0.15, -0.1) is 0 Å². The highest BCUT2D eigenvalue weighted by atomic mass is 32.2. The highest BCUT2D eigenvalue weighted by molar-refractivity contribution is 7.89. The van der Waals surface area contributed by atoms with Gasteiger partial charge in [-0.2, -0.15) is 4.31 Å². The van der Waals surface area contributed by atoms with Crippen LogP contribution in [0.5, 0.6) is 11.5 Å². The smallest absolute Gasteiger partial charge is 0.243 e. The molecule has 39 heavy (non-hydrogen) atoms. The summed E-state index contributed by atoms with van der Waals surface area (Å²) in [6, 6.07) is 18.4. The Kier molecular flexibility index (Phi) is 6.73. The maximum absolute atomic E-state index is 13.5. The van der Waals surface area contributed by atoms with Crippen LogP contribution in [0, 0.1) is 6.92 Å². The molecule has 1 unspecified atom stereocenters. The largest absolute Gasteiger partial charge is 0.454 e. The zero-order chi connectivity index (χ0) is 27.2. The Hall–Kier alpha value is -3.20. The van der Waals surface area contributed by atoms with E-state index in [9.17, 15) is 18.3 Å². The van der Waals surface area contributed by atoms with Crippen molar-refractivity contribution in [3.63, 3.8) is 0 Å². The molecule has 0 spiro atoms. The number of aryl methyl sites for hydroxylation is 1. The first-order valence-electron chi connectivity index (χ1n) is 13.6. The third kappa shape index (κ3) is 4.75. The number of nitrogens with zero attached hydrogens (tertiary/aromatic N) is 1. The van der Waals surface area contributed by atoms with E-state index >= 15 is 0 Å². The molecule has 1 aliphatic carbocycles. The molecule has 0 amide bonds. The zero-order valence-electron chi connectivity index (χ0n) is 22.1. The van der Waals surface area contributed by atoms with E-state index in [2.05, 4.69) is 0 Å². The number of fused-ring (bicyclic) bond motifs is 1. The molecule has 7 nitrogen and oxygen atoms in total. The van der Waals surface area contributed by atoms with Gasteiger partial charge >= 0.3 is 0 Å². The Bertz CT molecular complexity index is 1520. The molecule has 1 saturated carbocycles. The minimum atomic E-state index is -3.68. The predicted octanol–water partition coefficient (Wildman–Crippen LogP) is 5.02. The molecule has 0 bridgehead atoms. The number of aliphatic hydroxyl groups excluding tert-OH is 1. The first kappa shape index (κ1) is 26.0. The fraction of sp³-hybridized carbons (Fsp3) is 0.387. The highest BCUT2D eigenvalue weighted by Gasteiger charge is 2.50. The summed E-state index contributed by atoms with van der Waals surface area (Å²) in [7, 11) is -3.68. The van der Waals surface area contributed by atoms with Crippen LogP contribution in [0.4, 0.5) is 0 Å². The zero-order valence-corrected chi connectivity index (χ0v) is 22.9. The number of carbonyl (C=O) groups excluding carboxylic acids is 1. The Labute approximate surface area is 230 Å². The number of sulfonamides is 1. The number of piperidine rings is 1. The van der Waals surface area contributed by atoms with Gasteiger partial charge in [0.15, 0.2) is 11.5 Å². The van der Waals surface area contributed by atoms with Crippen LogP contribution in [0.2, 0.25) is 0 Å². The molecule has 3 aromatic rings. The third-order valence-corrected chi connectivity index (χ3v) is 10.4. The number of ether oxygens (including phenoxy) is 2. The molecule has 8 heteroatoms. The van der Waals surface area contributed by atoms with Crippen LogP contribution < -0.4 is 9.47 Å². The molecule has 6 rings (SSSR count). The molecule has 2 aliphatic heterocycles. The van der Waals surface area contributed by atoms with Crippen molar-refractivity contribution < 1.29 is 29.2 Å². The molecule has 3 aliphatic rings. The molecule has 1 saturated heterocycles. The van der Waals surface area contributed by atoms with Gasteiger partial charge in [0, 0.05) is 20.4 Å². The van der Waals surface area contributed by atoms with E-state index in [0.717, 1.165) is 53.5 Å². The summed E-state index contributed by atoms with van der Waals surface area (Å²) in [5.74, 6) is 1.60. The summed E-state index contributed by atoms with van der Waals surface area (Å²) in [6.07, 6.45) is 4.38. The summed E-state index contributed by atoms with van der Waals surface area (Å²) in [5.41, 5.74) is 4.37. The average molecular weight is 550 g/mol. The minimum Gasteiger partial charge on any atom is -0.454 e. The van der Waals surface area contributed by atoms with Gasteiger partial charge in [-0.05, 0) is 84.7 Å². The van der Waals surface area contributed by atoms with Crippen LogP contribution in [0.15, 0.2) is 65.6 Å². The molecular formula is C31H35NO6S. The second-order valence-electron chi connectivity index (χ2n) is 10.9. The summed E-state index contributed by atoms with van der Waals surface area (Å²) in [5, 5.41) is 9.70. The second-order valence-corrected chi connectivity index (χ2v) is 12.8. The maximum atomic E-state index is 13.5. The van der Waals surface area contributed by atoms with Crippen LogP contribution in [-0.2, 0) is 26.7 Å². The van der Waals surface area contributed by atoms with E-state index in [1.165, 1.54) is 4.31 Å². The van der Waals surface area contributed by atoms with Gasteiger partial charge in [-0.3, -0.25) is 4.79 Å².